The fourth-order valence-electron chi connectivity index (χ4n) is 2.58. The molecule has 2 N–H and O–H groups in total. The maximum atomic E-state index is 9.33. The quantitative estimate of drug-likeness (QED) is 0.626. The highest BCUT2D eigenvalue weighted by atomic mass is 16.5. The topological polar surface area (TPSA) is 53.9 Å². The Hall–Kier alpha value is -1.55. The minimum absolute atomic E-state index is 0.00675. The van der Waals surface area contributed by atoms with E-state index in [0.717, 1.165) is 5.56 Å². The first-order valence-corrected chi connectivity index (χ1v) is 8.00. The van der Waals surface area contributed by atoms with Crippen LogP contribution in [0.25, 0.3) is 0 Å². The summed E-state index contributed by atoms with van der Waals surface area (Å²) in [6, 6.07) is 10.6. The standard InChI is InChI=1S/C18H28N2O2/c1-17(2,18(3)11-12-18)22-16(19-4)20-15(10-13-21)14-8-6-5-7-9-14/h5-9,15,21H,10-13H2,1-4H3,(H,19,20)/t15-/m0/s1. The fraction of sp³-hybridized carbons (Fsp3) is 0.611. The van der Waals surface area contributed by atoms with Crippen molar-refractivity contribution in [3.63, 3.8) is 0 Å². The van der Waals surface area contributed by atoms with Crippen molar-refractivity contribution in [2.45, 2.75) is 51.7 Å². The molecule has 0 saturated heterocycles. The Morgan fingerprint density at radius 1 is 1.36 bits per heavy atom. The van der Waals surface area contributed by atoms with E-state index in [9.17, 15) is 5.11 Å². The number of nitrogens with zero attached hydrogens (tertiary/aromatic N) is 1. The van der Waals surface area contributed by atoms with Crippen LogP contribution in [-0.2, 0) is 4.74 Å². The minimum atomic E-state index is -0.255. The Morgan fingerprint density at radius 3 is 2.50 bits per heavy atom. The summed E-state index contributed by atoms with van der Waals surface area (Å²) in [7, 11) is 1.73. The van der Waals surface area contributed by atoms with Gasteiger partial charge in [-0.25, -0.2) is 4.99 Å². The van der Waals surface area contributed by atoms with Crippen LogP contribution in [0.4, 0.5) is 0 Å². The van der Waals surface area contributed by atoms with Crippen molar-refractivity contribution in [1.29, 1.82) is 0 Å². The average Bonchev–Trinajstić information content (AvgIpc) is 3.26. The Balaban J connectivity index is 2.07. The molecular weight excluding hydrogens is 276 g/mol. The van der Waals surface area contributed by atoms with Gasteiger partial charge in [0.2, 0.25) is 0 Å². The maximum Gasteiger partial charge on any atom is 0.285 e. The normalized spacial score (nSPS) is 18.7. The van der Waals surface area contributed by atoms with Crippen LogP contribution in [0.2, 0.25) is 0 Å². The molecule has 0 unspecified atom stereocenters. The van der Waals surface area contributed by atoms with Crippen LogP contribution in [0.5, 0.6) is 0 Å². The molecule has 1 aliphatic carbocycles. The second-order valence-corrected chi connectivity index (χ2v) is 6.82. The molecule has 1 fully saturated rings. The van der Waals surface area contributed by atoms with Gasteiger partial charge in [-0.2, -0.15) is 0 Å². The molecule has 4 nitrogen and oxygen atoms in total. The first-order valence-electron chi connectivity index (χ1n) is 8.00. The summed E-state index contributed by atoms with van der Waals surface area (Å²) in [6.45, 7) is 6.61. The van der Waals surface area contributed by atoms with Crippen molar-refractivity contribution >= 4 is 6.02 Å². The van der Waals surface area contributed by atoms with Gasteiger partial charge in [-0.15, -0.1) is 0 Å². The number of aliphatic hydroxyl groups is 1. The number of nitrogens with one attached hydrogen (secondary N) is 1. The van der Waals surface area contributed by atoms with Crippen LogP contribution in [0, 0.1) is 5.41 Å². The zero-order chi connectivity index (χ0) is 16.2. The van der Waals surface area contributed by atoms with E-state index in [1.807, 2.05) is 30.3 Å². The van der Waals surface area contributed by atoms with Crippen molar-refractivity contribution in [2.24, 2.45) is 10.4 Å². The summed E-state index contributed by atoms with van der Waals surface area (Å²) in [6.07, 6.45) is 3.00. The number of benzene rings is 1. The van der Waals surface area contributed by atoms with Gasteiger partial charge in [-0.05, 0) is 38.7 Å². The number of hydrogen-bond acceptors (Lipinski definition) is 3. The Labute approximate surface area is 133 Å². The predicted molar refractivity (Wildman–Crippen MR) is 89.9 cm³/mol. The van der Waals surface area contributed by atoms with Crippen molar-refractivity contribution in [3.05, 3.63) is 35.9 Å². The van der Waals surface area contributed by atoms with Gasteiger partial charge in [-0.1, -0.05) is 37.3 Å². The van der Waals surface area contributed by atoms with Crippen molar-refractivity contribution in [2.75, 3.05) is 13.7 Å². The molecular formula is C18H28N2O2. The monoisotopic (exact) mass is 304 g/mol. The van der Waals surface area contributed by atoms with Gasteiger partial charge in [-0.3, -0.25) is 0 Å². The fourth-order valence-corrected chi connectivity index (χ4v) is 2.58. The first-order chi connectivity index (χ1) is 10.4. The van der Waals surface area contributed by atoms with E-state index in [0.29, 0.717) is 12.4 Å². The third-order valence-electron chi connectivity index (χ3n) is 4.93. The maximum absolute atomic E-state index is 9.33. The molecule has 0 spiro atoms. The number of amidine groups is 1. The molecule has 0 bridgehead atoms. The summed E-state index contributed by atoms with van der Waals surface area (Å²) < 4.78 is 6.17. The highest BCUT2D eigenvalue weighted by molar-refractivity contribution is 5.74. The van der Waals surface area contributed by atoms with Gasteiger partial charge in [0.05, 0.1) is 6.04 Å². The molecule has 1 saturated carbocycles. The van der Waals surface area contributed by atoms with E-state index in [1.54, 1.807) is 7.05 Å². The minimum Gasteiger partial charge on any atom is -0.459 e. The number of rotatable bonds is 6. The van der Waals surface area contributed by atoms with Crippen LogP contribution in [0.3, 0.4) is 0 Å². The third-order valence-corrected chi connectivity index (χ3v) is 4.93. The van der Waals surface area contributed by atoms with E-state index in [1.165, 1.54) is 12.8 Å². The summed E-state index contributed by atoms with van der Waals surface area (Å²) in [4.78, 5) is 4.26. The van der Waals surface area contributed by atoms with Crippen LogP contribution in [0.1, 0.15) is 51.6 Å². The number of aliphatic hydroxyl groups excluding tert-OH is 1. The van der Waals surface area contributed by atoms with Crippen molar-refractivity contribution in [3.8, 4) is 0 Å². The summed E-state index contributed by atoms with van der Waals surface area (Å²) in [5.74, 6) is 0. The molecule has 1 atom stereocenters. The van der Waals surface area contributed by atoms with Crippen molar-refractivity contribution in [1.82, 2.24) is 5.32 Å². The lowest BCUT2D eigenvalue weighted by Gasteiger charge is -2.34. The summed E-state index contributed by atoms with van der Waals surface area (Å²) >= 11 is 0. The number of aliphatic imine (C=N–C) groups is 1. The van der Waals surface area contributed by atoms with Crippen LogP contribution in [-0.4, -0.2) is 30.4 Å². The molecule has 0 heterocycles. The summed E-state index contributed by atoms with van der Waals surface area (Å²) in [5.41, 5.74) is 1.09. The molecule has 4 heteroatoms. The van der Waals surface area contributed by atoms with Gasteiger partial charge >= 0.3 is 0 Å². The van der Waals surface area contributed by atoms with E-state index in [-0.39, 0.29) is 23.7 Å². The van der Waals surface area contributed by atoms with E-state index >= 15 is 0 Å². The van der Waals surface area contributed by atoms with Crippen LogP contribution >= 0.6 is 0 Å². The average molecular weight is 304 g/mol. The molecule has 22 heavy (non-hydrogen) atoms. The molecule has 0 aromatic heterocycles. The molecule has 0 radical (unpaired) electrons. The lowest BCUT2D eigenvalue weighted by Crippen LogP contribution is -2.42. The predicted octanol–water partition coefficient (Wildman–Crippen LogP) is 3.28. The van der Waals surface area contributed by atoms with E-state index < -0.39 is 0 Å². The molecule has 0 amide bonds. The van der Waals surface area contributed by atoms with Crippen LogP contribution < -0.4 is 5.32 Å². The largest absolute Gasteiger partial charge is 0.459 e. The SMILES string of the molecule is CN=C(N[C@@H](CCO)c1ccccc1)OC(C)(C)C1(C)CC1. The van der Waals surface area contributed by atoms with Crippen molar-refractivity contribution < 1.29 is 9.84 Å². The van der Waals surface area contributed by atoms with E-state index in [2.05, 4.69) is 31.1 Å². The number of hydrogen-bond donors (Lipinski definition) is 2. The zero-order valence-corrected chi connectivity index (χ0v) is 14.1. The van der Waals surface area contributed by atoms with Gasteiger partial charge in [0, 0.05) is 19.1 Å². The Kier molecular flexibility index (Phi) is 5.12. The summed E-state index contributed by atoms with van der Waals surface area (Å²) in [5, 5.41) is 12.7. The Morgan fingerprint density at radius 2 is 2.00 bits per heavy atom. The molecule has 0 aliphatic heterocycles. The first kappa shape index (κ1) is 16.8. The zero-order valence-electron chi connectivity index (χ0n) is 14.1. The third kappa shape index (κ3) is 3.80. The molecule has 1 aromatic rings. The molecule has 1 aliphatic rings. The van der Waals surface area contributed by atoms with E-state index in [4.69, 9.17) is 4.74 Å². The van der Waals surface area contributed by atoms with Gasteiger partial charge in [0.25, 0.3) is 6.02 Å². The molecule has 122 valence electrons. The highest BCUT2D eigenvalue weighted by Crippen LogP contribution is 2.55. The second-order valence-electron chi connectivity index (χ2n) is 6.82. The highest BCUT2D eigenvalue weighted by Gasteiger charge is 2.52. The lowest BCUT2D eigenvalue weighted by molar-refractivity contribution is 0.0189. The Bertz CT molecular complexity index is 507. The lowest BCUT2D eigenvalue weighted by atomic mass is 9.89. The van der Waals surface area contributed by atoms with Gasteiger partial charge < -0.3 is 15.2 Å². The van der Waals surface area contributed by atoms with Crippen LogP contribution in [0.15, 0.2) is 35.3 Å². The number of ether oxygens (including phenoxy) is 1. The van der Waals surface area contributed by atoms with Gasteiger partial charge in [0.1, 0.15) is 5.60 Å². The van der Waals surface area contributed by atoms with Gasteiger partial charge in [0.15, 0.2) is 0 Å². The molecule has 1 aromatic carbocycles. The second kappa shape index (κ2) is 6.69. The smallest absolute Gasteiger partial charge is 0.285 e. The molecule has 2 rings (SSSR count).